The van der Waals surface area contributed by atoms with Crippen LogP contribution in [-0.4, -0.2) is 26.7 Å². The van der Waals surface area contributed by atoms with E-state index in [1.165, 1.54) is 19.2 Å². The van der Waals surface area contributed by atoms with Crippen molar-refractivity contribution in [2.45, 2.75) is 4.90 Å². The van der Waals surface area contributed by atoms with Crippen LogP contribution in [0.15, 0.2) is 47.4 Å². The smallest absolute Gasteiger partial charge is 0.312 e. The number of rotatable bonds is 5. The molecule has 0 saturated carbocycles. The Balaban J connectivity index is 2.44. The van der Waals surface area contributed by atoms with Crippen LogP contribution in [0.4, 0.5) is 5.69 Å². The van der Waals surface area contributed by atoms with Crippen molar-refractivity contribution >= 4 is 15.5 Å². The van der Waals surface area contributed by atoms with Gasteiger partial charge in [0.1, 0.15) is 11.5 Å². The molecule has 8 heteroatoms. The van der Waals surface area contributed by atoms with Crippen molar-refractivity contribution in [1.82, 2.24) is 0 Å². The van der Waals surface area contributed by atoms with Gasteiger partial charge in [-0.15, -0.1) is 0 Å². The summed E-state index contributed by atoms with van der Waals surface area (Å²) in [7, 11) is -2.05. The maximum Gasteiger partial charge on any atom is 0.312 e. The minimum absolute atomic E-state index is 0.0503. The Labute approximate surface area is 127 Å². The van der Waals surface area contributed by atoms with Gasteiger partial charge in [0.25, 0.3) is 0 Å². The molecule has 0 spiro atoms. The molecule has 2 aromatic rings. The molecule has 2 aromatic carbocycles. The quantitative estimate of drug-likeness (QED) is 0.620. The van der Waals surface area contributed by atoms with Crippen molar-refractivity contribution < 1.29 is 22.8 Å². The molecule has 116 valence electrons. The van der Waals surface area contributed by atoms with Crippen LogP contribution < -0.4 is 9.47 Å². The number of hydrogen-bond donors (Lipinski definition) is 0. The molecule has 0 aromatic heterocycles. The van der Waals surface area contributed by atoms with E-state index in [1.807, 2.05) is 0 Å². The summed E-state index contributed by atoms with van der Waals surface area (Å²) >= 11 is 0. The van der Waals surface area contributed by atoms with Crippen LogP contribution in [0.5, 0.6) is 17.2 Å². The third-order valence-corrected chi connectivity index (χ3v) is 3.93. The molecule has 0 radical (unpaired) electrons. The van der Waals surface area contributed by atoms with Gasteiger partial charge in [-0.25, -0.2) is 8.42 Å². The van der Waals surface area contributed by atoms with Crippen LogP contribution in [0.1, 0.15) is 0 Å². The molecule has 0 aliphatic carbocycles. The Kier molecular flexibility index (Phi) is 4.32. The predicted molar refractivity (Wildman–Crippen MR) is 79.3 cm³/mol. The van der Waals surface area contributed by atoms with Crippen LogP contribution >= 0.6 is 0 Å². The minimum atomic E-state index is -3.54. The molecule has 0 saturated heterocycles. The van der Waals surface area contributed by atoms with Crippen molar-refractivity contribution in [1.29, 1.82) is 0 Å². The molecule has 7 nitrogen and oxygen atoms in total. The zero-order chi connectivity index (χ0) is 16.3. The number of hydrogen-bond acceptors (Lipinski definition) is 6. The van der Waals surface area contributed by atoms with E-state index in [2.05, 4.69) is 0 Å². The third-order valence-electron chi connectivity index (χ3n) is 2.82. The molecule has 0 atom stereocenters. The Morgan fingerprint density at radius 1 is 1.09 bits per heavy atom. The first-order valence-electron chi connectivity index (χ1n) is 6.11. The molecular weight excluding hydrogens is 310 g/mol. The number of nitro benzene ring substituents is 1. The zero-order valence-corrected chi connectivity index (χ0v) is 12.7. The fourth-order valence-electron chi connectivity index (χ4n) is 1.75. The molecule has 22 heavy (non-hydrogen) atoms. The summed E-state index contributed by atoms with van der Waals surface area (Å²) in [6.07, 6.45) is 0.981. The zero-order valence-electron chi connectivity index (χ0n) is 11.8. The molecule has 0 aliphatic rings. The highest BCUT2D eigenvalue weighted by atomic mass is 32.2. The Morgan fingerprint density at radius 2 is 1.77 bits per heavy atom. The summed E-state index contributed by atoms with van der Waals surface area (Å²) in [5.74, 6) is 0.827. The highest BCUT2D eigenvalue weighted by Gasteiger charge is 2.20. The maximum atomic E-state index is 11.5. The summed E-state index contributed by atoms with van der Waals surface area (Å²) in [5, 5.41) is 11.1. The highest BCUT2D eigenvalue weighted by molar-refractivity contribution is 7.90. The second-order valence-electron chi connectivity index (χ2n) is 4.44. The van der Waals surface area contributed by atoms with Crippen LogP contribution in [-0.2, 0) is 9.84 Å². The minimum Gasteiger partial charge on any atom is -0.497 e. The van der Waals surface area contributed by atoms with E-state index in [9.17, 15) is 18.5 Å². The van der Waals surface area contributed by atoms with Crippen LogP contribution in [0.2, 0.25) is 0 Å². The van der Waals surface area contributed by atoms with Gasteiger partial charge in [-0.2, -0.15) is 0 Å². The molecule has 0 heterocycles. The summed E-state index contributed by atoms with van der Waals surface area (Å²) < 4.78 is 33.5. The Hall–Kier alpha value is -2.61. The van der Waals surface area contributed by atoms with Gasteiger partial charge in [0, 0.05) is 18.4 Å². The van der Waals surface area contributed by atoms with E-state index in [1.54, 1.807) is 24.3 Å². The van der Waals surface area contributed by atoms with Crippen LogP contribution in [0, 0.1) is 10.1 Å². The fourth-order valence-corrected chi connectivity index (χ4v) is 2.39. The molecule has 0 bridgehead atoms. The number of ether oxygens (including phenoxy) is 2. The normalized spacial score (nSPS) is 11.0. The lowest BCUT2D eigenvalue weighted by Gasteiger charge is -2.08. The van der Waals surface area contributed by atoms with Gasteiger partial charge in [-0.1, -0.05) is 6.07 Å². The fraction of sp³-hybridized carbons (Fsp3) is 0.143. The molecular formula is C14H13NO6S. The third kappa shape index (κ3) is 3.53. The lowest BCUT2D eigenvalue weighted by Crippen LogP contribution is -2.00. The number of sulfone groups is 1. The predicted octanol–water partition coefficient (Wildman–Crippen LogP) is 2.80. The van der Waals surface area contributed by atoms with E-state index < -0.39 is 20.4 Å². The van der Waals surface area contributed by atoms with Crippen molar-refractivity contribution in [2.75, 3.05) is 13.4 Å². The van der Waals surface area contributed by atoms with Gasteiger partial charge >= 0.3 is 5.69 Å². The maximum absolute atomic E-state index is 11.5. The first-order valence-corrected chi connectivity index (χ1v) is 8.01. The SMILES string of the molecule is COc1cccc(Oc2ccc(S(C)(=O)=O)cc2[N+](=O)[O-])c1. The second kappa shape index (κ2) is 6.02. The summed E-state index contributed by atoms with van der Waals surface area (Å²) in [4.78, 5) is 10.3. The largest absolute Gasteiger partial charge is 0.497 e. The highest BCUT2D eigenvalue weighted by Crippen LogP contribution is 2.34. The Morgan fingerprint density at radius 3 is 2.36 bits per heavy atom. The van der Waals surface area contributed by atoms with Gasteiger partial charge in [-0.05, 0) is 24.3 Å². The van der Waals surface area contributed by atoms with Crippen molar-refractivity contribution in [2.24, 2.45) is 0 Å². The van der Waals surface area contributed by atoms with Crippen molar-refractivity contribution in [3.05, 3.63) is 52.6 Å². The van der Waals surface area contributed by atoms with E-state index in [4.69, 9.17) is 9.47 Å². The summed E-state index contributed by atoms with van der Waals surface area (Å²) in [6.45, 7) is 0. The van der Waals surface area contributed by atoms with E-state index in [-0.39, 0.29) is 10.6 Å². The number of methoxy groups -OCH3 is 1. The lowest BCUT2D eigenvalue weighted by molar-refractivity contribution is -0.385. The lowest BCUT2D eigenvalue weighted by atomic mass is 10.3. The Bertz CT molecular complexity index is 816. The van der Waals surface area contributed by atoms with Gasteiger partial charge < -0.3 is 9.47 Å². The topological polar surface area (TPSA) is 95.7 Å². The molecule has 0 unspecified atom stereocenters. The molecule has 0 aliphatic heterocycles. The number of benzene rings is 2. The average Bonchev–Trinajstić information content (AvgIpc) is 2.46. The first kappa shape index (κ1) is 15.8. The molecule has 2 rings (SSSR count). The molecule has 0 N–H and O–H groups in total. The van der Waals surface area contributed by atoms with Gasteiger partial charge in [-0.3, -0.25) is 10.1 Å². The van der Waals surface area contributed by atoms with Crippen LogP contribution in [0.25, 0.3) is 0 Å². The molecule has 0 amide bonds. The monoisotopic (exact) mass is 323 g/mol. The van der Waals surface area contributed by atoms with Gasteiger partial charge in [0.15, 0.2) is 9.84 Å². The summed E-state index contributed by atoms with van der Waals surface area (Å²) in [5.41, 5.74) is -0.425. The number of nitro groups is 1. The van der Waals surface area contributed by atoms with Crippen molar-refractivity contribution in [3.63, 3.8) is 0 Å². The van der Waals surface area contributed by atoms with E-state index in [0.717, 1.165) is 12.3 Å². The second-order valence-corrected chi connectivity index (χ2v) is 6.46. The van der Waals surface area contributed by atoms with Crippen molar-refractivity contribution in [3.8, 4) is 17.2 Å². The van der Waals surface area contributed by atoms with Gasteiger partial charge in [0.2, 0.25) is 5.75 Å². The molecule has 0 fully saturated rings. The standard InChI is InChI=1S/C14H13NO6S/c1-20-10-4-3-5-11(8-10)21-14-7-6-12(22(2,18)19)9-13(14)15(16)17/h3-9H,1-2H3. The van der Waals surface area contributed by atoms with E-state index >= 15 is 0 Å². The number of nitrogens with zero attached hydrogens (tertiary/aromatic N) is 1. The van der Waals surface area contributed by atoms with E-state index in [0.29, 0.717) is 11.5 Å². The average molecular weight is 323 g/mol. The van der Waals surface area contributed by atoms with Crippen LogP contribution in [0.3, 0.4) is 0 Å². The first-order chi connectivity index (χ1) is 10.3. The summed E-state index contributed by atoms with van der Waals surface area (Å²) in [6, 6.07) is 10.0. The van der Waals surface area contributed by atoms with Gasteiger partial charge in [0.05, 0.1) is 16.9 Å².